The Morgan fingerprint density at radius 1 is 1.26 bits per heavy atom. The van der Waals surface area contributed by atoms with E-state index in [1.165, 1.54) is 9.75 Å². The van der Waals surface area contributed by atoms with Gasteiger partial charge < -0.3 is 10.5 Å². The Labute approximate surface area is 114 Å². The second-order valence-electron chi connectivity index (χ2n) is 4.26. The summed E-state index contributed by atoms with van der Waals surface area (Å²) in [5.74, 6) is 1.04. The van der Waals surface area contributed by atoms with Crippen LogP contribution in [0.4, 0.5) is 5.95 Å². The van der Waals surface area contributed by atoms with Gasteiger partial charge in [0.2, 0.25) is 11.8 Å². The zero-order chi connectivity index (χ0) is 13.4. The highest BCUT2D eigenvalue weighted by molar-refractivity contribution is 7.11. The standard InChI is InChI=1S/C13H14N4OS/c1-8-3-4-9(19-8)7-17-12-10(15-13(17)14)5-6-11(16-12)18-2/h3-6H,7H2,1-2H3,(H2,14,15). The van der Waals surface area contributed by atoms with Crippen LogP contribution in [0.3, 0.4) is 0 Å². The van der Waals surface area contributed by atoms with Crippen LogP contribution >= 0.6 is 11.3 Å². The number of imidazole rings is 1. The lowest BCUT2D eigenvalue weighted by Gasteiger charge is -2.04. The molecule has 0 spiro atoms. The van der Waals surface area contributed by atoms with E-state index in [1.54, 1.807) is 24.5 Å². The maximum atomic E-state index is 5.98. The number of rotatable bonds is 3. The molecule has 0 aliphatic rings. The number of aryl methyl sites for hydroxylation is 1. The van der Waals surface area contributed by atoms with E-state index >= 15 is 0 Å². The maximum absolute atomic E-state index is 5.98. The predicted octanol–water partition coefficient (Wildman–Crippen LogP) is 2.44. The Hall–Kier alpha value is -2.08. The molecule has 0 atom stereocenters. The molecular formula is C13H14N4OS. The van der Waals surface area contributed by atoms with Crippen LogP contribution in [0.1, 0.15) is 9.75 Å². The molecule has 98 valence electrons. The first kappa shape index (κ1) is 12.0. The van der Waals surface area contributed by atoms with Gasteiger partial charge in [0.1, 0.15) is 5.52 Å². The van der Waals surface area contributed by atoms with Crippen molar-refractivity contribution < 1.29 is 4.74 Å². The highest BCUT2D eigenvalue weighted by atomic mass is 32.1. The minimum absolute atomic E-state index is 0.474. The topological polar surface area (TPSA) is 66.0 Å². The summed E-state index contributed by atoms with van der Waals surface area (Å²) in [6.07, 6.45) is 0. The Bertz CT molecular complexity index is 731. The molecule has 0 aliphatic heterocycles. The number of pyridine rings is 1. The summed E-state index contributed by atoms with van der Waals surface area (Å²) >= 11 is 1.75. The fourth-order valence-electron chi connectivity index (χ4n) is 2.00. The number of nitrogen functional groups attached to an aromatic ring is 1. The van der Waals surface area contributed by atoms with Gasteiger partial charge in [-0.2, -0.15) is 4.98 Å². The minimum atomic E-state index is 0.474. The smallest absolute Gasteiger partial charge is 0.215 e. The van der Waals surface area contributed by atoms with Gasteiger partial charge in [0, 0.05) is 15.8 Å². The van der Waals surface area contributed by atoms with Crippen molar-refractivity contribution in [3.63, 3.8) is 0 Å². The molecule has 0 unspecified atom stereocenters. The third kappa shape index (κ3) is 2.15. The van der Waals surface area contributed by atoms with Gasteiger partial charge in [0.05, 0.1) is 13.7 Å². The van der Waals surface area contributed by atoms with Gasteiger partial charge in [-0.15, -0.1) is 11.3 Å². The van der Waals surface area contributed by atoms with Crippen molar-refractivity contribution in [1.29, 1.82) is 0 Å². The first-order valence-electron chi connectivity index (χ1n) is 5.89. The molecule has 3 heterocycles. The molecular weight excluding hydrogens is 260 g/mol. The number of nitrogens with zero attached hydrogens (tertiary/aromatic N) is 3. The zero-order valence-corrected chi connectivity index (χ0v) is 11.6. The summed E-state index contributed by atoms with van der Waals surface area (Å²) in [6.45, 7) is 2.77. The summed E-state index contributed by atoms with van der Waals surface area (Å²) in [4.78, 5) is 11.2. The number of hydrogen-bond donors (Lipinski definition) is 1. The number of methoxy groups -OCH3 is 1. The lowest BCUT2D eigenvalue weighted by atomic mass is 10.4. The third-order valence-corrected chi connectivity index (χ3v) is 3.90. The molecule has 0 aliphatic carbocycles. The van der Waals surface area contributed by atoms with E-state index in [9.17, 15) is 0 Å². The van der Waals surface area contributed by atoms with Crippen molar-refractivity contribution in [3.8, 4) is 5.88 Å². The summed E-state index contributed by atoms with van der Waals surface area (Å²) in [6, 6.07) is 7.86. The van der Waals surface area contributed by atoms with Crippen LogP contribution < -0.4 is 10.5 Å². The highest BCUT2D eigenvalue weighted by Crippen LogP contribution is 2.23. The number of aromatic nitrogens is 3. The van der Waals surface area contributed by atoms with Gasteiger partial charge in [-0.1, -0.05) is 0 Å². The van der Waals surface area contributed by atoms with E-state index < -0.39 is 0 Å². The predicted molar refractivity (Wildman–Crippen MR) is 76.7 cm³/mol. The Morgan fingerprint density at radius 2 is 2.11 bits per heavy atom. The molecule has 3 rings (SSSR count). The molecule has 0 saturated heterocycles. The fourth-order valence-corrected chi connectivity index (χ4v) is 2.88. The molecule has 0 amide bonds. The van der Waals surface area contributed by atoms with Crippen LogP contribution in [0.2, 0.25) is 0 Å². The number of ether oxygens (including phenoxy) is 1. The second kappa shape index (κ2) is 4.55. The average molecular weight is 274 g/mol. The monoisotopic (exact) mass is 274 g/mol. The van der Waals surface area contributed by atoms with E-state index in [0.717, 1.165) is 11.2 Å². The van der Waals surface area contributed by atoms with Crippen molar-refractivity contribution >= 4 is 28.4 Å². The van der Waals surface area contributed by atoms with Crippen molar-refractivity contribution in [2.24, 2.45) is 0 Å². The number of thiophene rings is 1. The van der Waals surface area contributed by atoms with Crippen molar-refractivity contribution in [1.82, 2.24) is 14.5 Å². The first-order valence-corrected chi connectivity index (χ1v) is 6.71. The van der Waals surface area contributed by atoms with Crippen LogP contribution in [0.5, 0.6) is 5.88 Å². The largest absolute Gasteiger partial charge is 0.481 e. The van der Waals surface area contributed by atoms with Crippen molar-refractivity contribution in [3.05, 3.63) is 34.0 Å². The molecule has 5 nitrogen and oxygen atoms in total. The van der Waals surface area contributed by atoms with Crippen LogP contribution in [0, 0.1) is 6.92 Å². The molecule has 0 bridgehead atoms. The van der Waals surface area contributed by atoms with E-state index in [4.69, 9.17) is 10.5 Å². The van der Waals surface area contributed by atoms with Gasteiger partial charge >= 0.3 is 0 Å². The molecule has 19 heavy (non-hydrogen) atoms. The minimum Gasteiger partial charge on any atom is -0.481 e. The lowest BCUT2D eigenvalue weighted by molar-refractivity contribution is 0.399. The molecule has 2 N–H and O–H groups in total. The second-order valence-corrected chi connectivity index (χ2v) is 5.64. The van der Waals surface area contributed by atoms with Crippen LogP contribution in [-0.4, -0.2) is 21.6 Å². The van der Waals surface area contributed by atoms with E-state index in [1.807, 2.05) is 10.6 Å². The number of nitrogens with two attached hydrogens (primary N) is 1. The fraction of sp³-hybridized carbons (Fsp3) is 0.231. The SMILES string of the molecule is COc1ccc2nc(N)n(Cc3ccc(C)s3)c2n1. The average Bonchev–Trinajstić information content (AvgIpc) is 2.94. The van der Waals surface area contributed by atoms with Crippen LogP contribution in [-0.2, 0) is 6.54 Å². The number of fused-ring (bicyclic) bond motifs is 1. The van der Waals surface area contributed by atoms with Gasteiger partial charge in [-0.3, -0.25) is 4.57 Å². The third-order valence-electron chi connectivity index (χ3n) is 2.92. The van der Waals surface area contributed by atoms with Crippen LogP contribution in [0.15, 0.2) is 24.3 Å². The summed E-state index contributed by atoms with van der Waals surface area (Å²) in [5.41, 5.74) is 7.51. The molecule has 3 aromatic rings. The quantitative estimate of drug-likeness (QED) is 0.796. The molecule has 3 aromatic heterocycles. The summed E-state index contributed by atoms with van der Waals surface area (Å²) in [7, 11) is 1.60. The summed E-state index contributed by atoms with van der Waals surface area (Å²) < 4.78 is 7.06. The Morgan fingerprint density at radius 3 is 2.79 bits per heavy atom. The first-order chi connectivity index (χ1) is 9.17. The Balaban J connectivity index is 2.08. The van der Waals surface area contributed by atoms with Crippen molar-refractivity contribution in [2.45, 2.75) is 13.5 Å². The lowest BCUT2D eigenvalue weighted by Crippen LogP contribution is -2.04. The van der Waals surface area contributed by atoms with Crippen LogP contribution in [0.25, 0.3) is 11.2 Å². The zero-order valence-electron chi connectivity index (χ0n) is 10.8. The van der Waals surface area contributed by atoms with Crippen molar-refractivity contribution in [2.75, 3.05) is 12.8 Å². The summed E-state index contributed by atoms with van der Waals surface area (Å²) in [5, 5.41) is 0. The maximum Gasteiger partial charge on any atom is 0.215 e. The van der Waals surface area contributed by atoms with Gasteiger partial charge in [0.15, 0.2) is 5.65 Å². The normalized spacial score (nSPS) is 11.1. The number of anilines is 1. The number of hydrogen-bond acceptors (Lipinski definition) is 5. The molecule has 0 fully saturated rings. The molecule has 6 heteroatoms. The van der Waals surface area contributed by atoms with Gasteiger partial charge in [-0.05, 0) is 25.1 Å². The van der Waals surface area contributed by atoms with E-state index in [-0.39, 0.29) is 0 Å². The van der Waals surface area contributed by atoms with E-state index in [2.05, 4.69) is 29.0 Å². The van der Waals surface area contributed by atoms with E-state index in [0.29, 0.717) is 18.4 Å². The van der Waals surface area contributed by atoms with Gasteiger partial charge in [0.25, 0.3) is 0 Å². The molecule has 0 radical (unpaired) electrons. The Kier molecular flexibility index (Phi) is 2.87. The van der Waals surface area contributed by atoms with Gasteiger partial charge in [-0.25, -0.2) is 4.98 Å². The molecule has 0 aromatic carbocycles. The molecule has 0 saturated carbocycles. The highest BCUT2D eigenvalue weighted by Gasteiger charge is 2.11.